The molecule has 0 saturated heterocycles. The predicted octanol–water partition coefficient (Wildman–Crippen LogP) is 3.65. The third-order valence-corrected chi connectivity index (χ3v) is 3.82. The lowest BCUT2D eigenvalue weighted by molar-refractivity contribution is 0.267. The smallest absolute Gasteiger partial charge is 0.123 e. The molecule has 0 spiro atoms. The van der Waals surface area contributed by atoms with Gasteiger partial charge in [-0.3, -0.25) is 0 Å². The maximum absolute atomic E-state index is 6.01. The first-order valence-corrected chi connectivity index (χ1v) is 7.16. The molecule has 0 bridgehead atoms. The molecular formula is C18H23NO2. The van der Waals surface area contributed by atoms with E-state index in [1.165, 1.54) is 11.1 Å². The molecule has 2 rings (SSSR count). The van der Waals surface area contributed by atoms with Gasteiger partial charge < -0.3 is 14.8 Å². The first kappa shape index (κ1) is 15.4. The fourth-order valence-corrected chi connectivity index (χ4v) is 2.34. The Bertz CT molecular complexity index is 596. The van der Waals surface area contributed by atoms with Crippen molar-refractivity contribution in [3.8, 4) is 11.5 Å². The zero-order chi connectivity index (χ0) is 15.2. The maximum atomic E-state index is 6.01. The SMILES string of the molecule is CNC(COc1cccc(C)c1C)c1ccccc1OC. The first-order valence-electron chi connectivity index (χ1n) is 7.16. The third kappa shape index (κ3) is 3.56. The van der Waals surface area contributed by atoms with Gasteiger partial charge in [0, 0.05) is 5.56 Å². The van der Waals surface area contributed by atoms with Gasteiger partial charge in [-0.2, -0.15) is 0 Å². The van der Waals surface area contributed by atoms with Crippen LogP contribution in [0.3, 0.4) is 0 Å². The van der Waals surface area contributed by atoms with Crippen LogP contribution in [-0.2, 0) is 0 Å². The molecule has 0 fully saturated rings. The van der Waals surface area contributed by atoms with Crippen LogP contribution in [0.4, 0.5) is 0 Å². The Kier molecular flexibility index (Phi) is 5.23. The van der Waals surface area contributed by atoms with E-state index in [1.807, 2.05) is 37.4 Å². The predicted molar refractivity (Wildman–Crippen MR) is 86.2 cm³/mol. The van der Waals surface area contributed by atoms with Crippen LogP contribution in [0.15, 0.2) is 42.5 Å². The lowest BCUT2D eigenvalue weighted by Crippen LogP contribution is -2.24. The summed E-state index contributed by atoms with van der Waals surface area (Å²) >= 11 is 0. The van der Waals surface area contributed by atoms with Gasteiger partial charge in [-0.1, -0.05) is 30.3 Å². The summed E-state index contributed by atoms with van der Waals surface area (Å²) in [4.78, 5) is 0. The summed E-state index contributed by atoms with van der Waals surface area (Å²) in [5, 5.41) is 3.29. The van der Waals surface area contributed by atoms with Crippen LogP contribution in [0.25, 0.3) is 0 Å². The Balaban J connectivity index is 2.14. The largest absolute Gasteiger partial charge is 0.496 e. The molecule has 0 aliphatic rings. The summed E-state index contributed by atoms with van der Waals surface area (Å²) in [6.07, 6.45) is 0. The van der Waals surface area contributed by atoms with Gasteiger partial charge in [-0.05, 0) is 44.2 Å². The van der Waals surface area contributed by atoms with E-state index in [0.717, 1.165) is 17.1 Å². The Morgan fingerprint density at radius 2 is 1.71 bits per heavy atom. The molecule has 1 N–H and O–H groups in total. The number of rotatable bonds is 6. The van der Waals surface area contributed by atoms with Gasteiger partial charge in [0.15, 0.2) is 0 Å². The number of nitrogens with one attached hydrogen (secondary N) is 1. The normalized spacial score (nSPS) is 12.0. The van der Waals surface area contributed by atoms with E-state index >= 15 is 0 Å². The summed E-state index contributed by atoms with van der Waals surface area (Å²) in [5.74, 6) is 1.81. The van der Waals surface area contributed by atoms with Crippen molar-refractivity contribution >= 4 is 0 Å². The maximum Gasteiger partial charge on any atom is 0.123 e. The van der Waals surface area contributed by atoms with Crippen molar-refractivity contribution in [1.29, 1.82) is 0 Å². The molecule has 3 heteroatoms. The molecule has 1 atom stereocenters. The van der Waals surface area contributed by atoms with E-state index in [9.17, 15) is 0 Å². The summed E-state index contributed by atoms with van der Waals surface area (Å²) in [6, 6.07) is 14.2. The molecule has 3 nitrogen and oxygen atoms in total. The Hall–Kier alpha value is -2.00. The first-order chi connectivity index (χ1) is 10.2. The number of likely N-dealkylation sites (N-methyl/N-ethyl adjacent to an activating group) is 1. The second-order valence-corrected chi connectivity index (χ2v) is 5.09. The molecule has 0 amide bonds. The molecule has 0 aliphatic carbocycles. The highest BCUT2D eigenvalue weighted by molar-refractivity contribution is 5.39. The lowest BCUT2D eigenvalue weighted by atomic mass is 10.1. The number of aryl methyl sites for hydroxylation is 1. The highest BCUT2D eigenvalue weighted by atomic mass is 16.5. The zero-order valence-electron chi connectivity index (χ0n) is 13.1. The highest BCUT2D eigenvalue weighted by Gasteiger charge is 2.15. The molecule has 112 valence electrons. The van der Waals surface area contributed by atoms with Crippen LogP contribution in [0, 0.1) is 13.8 Å². The van der Waals surface area contributed by atoms with E-state index in [0.29, 0.717) is 6.61 Å². The Morgan fingerprint density at radius 3 is 2.43 bits per heavy atom. The van der Waals surface area contributed by atoms with Crippen LogP contribution >= 0.6 is 0 Å². The standard InChI is InChI=1S/C18H23NO2/c1-13-8-7-11-17(14(13)2)21-12-16(19-3)15-9-5-6-10-18(15)20-4/h5-11,16,19H,12H2,1-4H3. The number of hydrogen-bond donors (Lipinski definition) is 1. The number of methoxy groups -OCH3 is 1. The molecule has 1 unspecified atom stereocenters. The van der Waals surface area contributed by atoms with E-state index < -0.39 is 0 Å². The number of hydrogen-bond acceptors (Lipinski definition) is 3. The van der Waals surface area contributed by atoms with E-state index in [4.69, 9.17) is 9.47 Å². The highest BCUT2D eigenvalue weighted by Crippen LogP contribution is 2.26. The summed E-state index contributed by atoms with van der Waals surface area (Å²) in [5.41, 5.74) is 3.53. The van der Waals surface area contributed by atoms with Crippen molar-refractivity contribution in [3.05, 3.63) is 59.2 Å². The van der Waals surface area contributed by atoms with E-state index in [2.05, 4.69) is 31.3 Å². The average Bonchev–Trinajstić information content (AvgIpc) is 2.52. The molecule has 0 radical (unpaired) electrons. The van der Waals surface area contributed by atoms with Crippen molar-refractivity contribution in [2.75, 3.05) is 20.8 Å². The van der Waals surface area contributed by atoms with Crippen molar-refractivity contribution in [2.24, 2.45) is 0 Å². The van der Waals surface area contributed by atoms with Gasteiger partial charge in [0.05, 0.1) is 13.2 Å². The zero-order valence-corrected chi connectivity index (χ0v) is 13.1. The summed E-state index contributed by atoms with van der Waals surface area (Å²) in [6.45, 7) is 4.74. The van der Waals surface area contributed by atoms with Gasteiger partial charge in [-0.25, -0.2) is 0 Å². The molecule has 0 aliphatic heterocycles. The van der Waals surface area contributed by atoms with Gasteiger partial charge in [0.25, 0.3) is 0 Å². The van der Waals surface area contributed by atoms with Crippen LogP contribution in [0.2, 0.25) is 0 Å². The minimum Gasteiger partial charge on any atom is -0.496 e. The van der Waals surface area contributed by atoms with Gasteiger partial charge in [-0.15, -0.1) is 0 Å². The van der Waals surface area contributed by atoms with Crippen LogP contribution in [0.1, 0.15) is 22.7 Å². The Morgan fingerprint density at radius 1 is 1.00 bits per heavy atom. The van der Waals surface area contributed by atoms with Crippen LogP contribution in [0.5, 0.6) is 11.5 Å². The van der Waals surface area contributed by atoms with Gasteiger partial charge >= 0.3 is 0 Å². The lowest BCUT2D eigenvalue weighted by Gasteiger charge is -2.20. The minimum absolute atomic E-state index is 0.0843. The van der Waals surface area contributed by atoms with Crippen molar-refractivity contribution < 1.29 is 9.47 Å². The Labute approximate surface area is 126 Å². The quantitative estimate of drug-likeness (QED) is 0.878. The number of ether oxygens (including phenoxy) is 2. The van der Waals surface area contributed by atoms with Gasteiger partial charge in [0.2, 0.25) is 0 Å². The van der Waals surface area contributed by atoms with E-state index in [1.54, 1.807) is 7.11 Å². The molecule has 2 aromatic carbocycles. The van der Waals surface area contributed by atoms with E-state index in [-0.39, 0.29) is 6.04 Å². The van der Waals surface area contributed by atoms with Crippen molar-refractivity contribution in [1.82, 2.24) is 5.32 Å². The number of para-hydroxylation sites is 1. The van der Waals surface area contributed by atoms with Crippen molar-refractivity contribution in [3.63, 3.8) is 0 Å². The molecule has 0 saturated carbocycles. The summed E-state index contributed by atoms with van der Waals surface area (Å²) in [7, 11) is 3.63. The van der Waals surface area contributed by atoms with Gasteiger partial charge in [0.1, 0.15) is 18.1 Å². The molecule has 0 aromatic heterocycles. The monoisotopic (exact) mass is 285 g/mol. The van der Waals surface area contributed by atoms with Crippen LogP contribution < -0.4 is 14.8 Å². The van der Waals surface area contributed by atoms with Crippen LogP contribution in [-0.4, -0.2) is 20.8 Å². The average molecular weight is 285 g/mol. The minimum atomic E-state index is 0.0843. The fraction of sp³-hybridized carbons (Fsp3) is 0.333. The topological polar surface area (TPSA) is 30.5 Å². The summed E-state index contributed by atoms with van der Waals surface area (Å²) < 4.78 is 11.4. The second-order valence-electron chi connectivity index (χ2n) is 5.09. The fourth-order valence-electron chi connectivity index (χ4n) is 2.34. The second kappa shape index (κ2) is 7.14. The molecule has 2 aromatic rings. The molecule has 21 heavy (non-hydrogen) atoms. The number of benzene rings is 2. The molecular weight excluding hydrogens is 262 g/mol. The third-order valence-electron chi connectivity index (χ3n) is 3.82. The molecule has 0 heterocycles. The van der Waals surface area contributed by atoms with Crippen molar-refractivity contribution in [2.45, 2.75) is 19.9 Å².